The Bertz CT molecular complexity index is 1330. The van der Waals surface area contributed by atoms with Crippen molar-refractivity contribution in [2.24, 2.45) is 0 Å². The van der Waals surface area contributed by atoms with Crippen molar-refractivity contribution in [1.29, 1.82) is 0 Å². The van der Waals surface area contributed by atoms with Crippen LogP contribution in [0.3, 0.4) is 0 Å². The molecule has 3 aromatic rings. The minimum atomic E-state index is -1.87. The van der Waals surface area contributed by atoms with E-state index in [4.69, 9.17) is 4.74 Å². The molecule has 1 atom stereocenters. The molecule has 4 rings (SSSR count). The normalized spacial score (nSPS) is 15.3. The Kier molecular flexibility index (Phi) is 6.62. The molecule has 0 radical (unpaired) electrons. The number of ether oxygens (including phenoxy) is 1. The third-order valence-corrected chi connectivity index (χ3v) is 8.18. The summed E-state index contributed by atoms with van der Waals surface area (Å²) in [4.78, 5) is 42.4. The number of aromatic nitrogens is 1. The third kappa shape index (κ3) is 5.04. The van der Waals surface area contributed by atoms with Gasteiger partial charge < -0.3 is 19.9 Å². The van der Waals surface area contributed by atoms with E-state index in [0.29, 0.717) is 35.2 Å². The Morgan fingerprint density at radius 2 is 1.89 bits per heavy atom. The Labute approximate surface area is 203 Å². The molecule has 2 heterocycles. The van der Waals surface area contributed by atoms with Crippen LogP contribution < -0.4 is 20.8 Å². The highest BCUT2D eigenvalue weighted by molar-refractivity contribution is 6.88. The van der Waals surface area contributed by atoms with E-state index in [9.17, 15) is 18.8 Å². The van der Waals surface area contributed by atoms with Crippen molar-refractivity contribution >= 4 is 30.8 Å². The van der Waals surface area contributed by atoms with Crippen molar-refractivity contribution < 1.29 is 18.7 Å². The molecule has 2 amide bonds. The number of carbonyl (C=O) groups excluding carboxylic acids is 2. The molecule has 1 aliphatic heterocycles. The van der Waals surface area contributed by atoms with Crippen LogP contribution in [0.2, 0.25) is 19.6 Å². The van der Waals surface area contributed by atoms with Crippen LogP contribution in [0.4, 0.5) is 10.1 Å². The fourth-order valence-corrected chi connectivity index (χ4v) is 5.72. The lowest BCUT2D eigenvalue weighted by molar-refractivity contribution is -0.121. The Morgan fingerprint density at radius 1 is 1.11 bits per heavy atom. The molecule has 0 aliphatic carbocycles. The van der Waals surface area contributed by atoms with E-state index in [-0.39, 0.29) is 22.8 Å². The van der Waals surface area contributed by atoms with Crippen molar-refractivity contribution in [2.45, 2.75) is 32.1 Å². The SMILES string of the molecule is COc1ccc2c(c1)CCN(C(=O)c1ccc(=O)[nH]c1)C2C(=O)Nc1ccc([Si](C)(C)C)c(F)c1. The van der Waals surface area contributed by atoms with Gasteiger partial charge in [-0.3, -0.25) is 14.4 Å². The summed E-state index contributed by atoms with van der Waals surface area (Å²) in [7, 11) is -0.306. The number of rotatable bonds is 5. The van der Waals surface area contributed by atoms with Crippen LogP contribution in [0.1, 0.15) is 27.5 Å². The highest BCUT2D eigenvalue weighted by Gasteiger charge is 2.37. The average molecular weight is 494 g/mol. The zero-order valence-electron chi connectivity index (χ0n) is 20.1. The predicted molar refractivity (Wildman–Crippen MR) is 136 cm³/mol. The number of nitrogens with zero attached hydrogens (tertiary/aromatic N) is 1. The second-order valence-electron chi connectivity index (χ2n) is 9.59. The number of H-pyrrole nitrogens is 1. The smallest absolute Gasteiger partial charge is 0.256 e. The number of fused-ring (bicyclic) bond motifs is 1. The first kappa shape index (κ1) is 24.4. The molecule has 182 valence electrons. The third-order valence-electron chi connectivity index (χ3n) is 6.16. The molecule has 0 fully saturated rings. The lowest BCUT2D eigenvalue weighted by Gasteiger charge is -2.36. The van der Waals surface area contributed by atoms with Crippen LogP contribution in [0, 0.1) is 5.82 Å². The summed E-state index contributed by atoms with van der Waals surface area (Å²) >= 11 is 0. The van der Waals surface area contributed by atoms with Gasteiger partial charge >= 0.3 is 0 Å². The predicted octanol–water partition coefficient (Wildman–Crippen LogP) is 3.45. The summed E-state index contributed by atoms with van der Waals surface area (Å²) in [5.41, 5.74) is 1.84. The van der Waals surface area contributed by atoms with E-state index in [1.165, 1.54) is 29.3 Å². The number of amides is 2. The maximum atomic E-state index is 14.8. The number of nitrogens with one attached hydrogen (secondary N) is 2. The van der Waals surface area contributed by atoms with Crippen LogP contribution in [0.15, 0.2) is 59.5 Å². The van der Waals surface area contributed by atoms with E-state index >= 15 is 0 Å². The van der Waals surface area contributed by atoms with Crippen molar-refractivity contribution in [2.75, 3.05) is 19.0 Å². The number of benzene rings is 2. The molecule has 1 aromatic heterocycles. The molecular weight excluding hydrogens is 465 g/mol. The number of methoxy groups -OCH3 is 1. The molecule has 0 spiro atoms. The molecule has 1 unspecified atom stereocenters. The summed E-state index contributed by atoms with van der Waals surface area (Å²) in [6.45, 7) is 6.45. The molecule has 0 saturated heterocycles. The van der Waals surface area contributed by atoms with Gasteiger partial charge in [-0.1, -0.05) is 31.8 Å². The van der Waals surface area contributed by atoms with Gasteiger partial charge in [0.05, 0.1) is 20.7 Å². The van der Waals surface area contributed by atoms with Crippen LogP contribution in [0.5, 0.6) is 5.75 Å². The topological polar surface area (TPSA) is 91.5 Å². The van der Waals surface area contributed by atoms with Gasteiger partial charge in [-0.05, 0) is 53.1 Å². The number of hydrogen-bond acceptors (Lipinski definition) is 4. The Morgan fingerprint density at radius 3 is 2.51 bits per heavy atom. The fourth-order valence-electron chi connectivity index (χ4n) is 4.35. The number of hydrogen-bond donors (Lipinski definition) is 2. The zero-order valence-corrected chi connectivity index (χ0v) is 21.1. The number of anilines is 1. The number of halogens is 1. The van der Waals surface area contributed by atoms with Crippen molar-refractivity contribution in [1.82, 2.24) is 9.88 Å². The van der Waals surface area contributed by atoms with Crippen molar-refractivity contribution in [3.05, 3.63) is 87.6 Å². The maximum absolute atomic E-state index is 14.8. The summed E-state index contributed by atoms with van der Waals surface area (Å²) < 4.78 is 20.1. The van der Waals surface area contributed by atoms with Gasteiger partial charge in [-0.2, -0.15) is 0 Å². The first-order valence-corrected chi connectivity index (χ1v) is 14.9. The minimum Gasteiger partial charge on any atom is -0.497 e. The molecule has 1 aliphatic rings. The molecule has 9 heteroatoms. The van der Waals surface area contributed by atoms with Crippen LogP contribution in [-0.4, -0.2) is 43.4 Å². The summed E-state index contributed by atoms with van der Waals surface area (Å²) in [5.74, 6) is -0.526. The van der Waals surface area contributed by atoms with Crippen LogP contribution in [-0.2, 0) is 11.2 Å². The summed E-state index contributed by atoms with van der Waals surface area (Å²) in [6, 6.07) is 11.9. The van der Waals surface area contributed by atoms with Gasteiger partial charge in [0.15, 0.2) is 0 Å². The van der Waals surface area contributed by atoms with Gasteiger partial charge in [0.25, 0.3) is 11.8 Å². The fraction of sp³-hybridized carbons (Fsp3) is 0.269. The van der Waals surface area contributed by atoms with Gasteiger partial charge in [-0.25, -0.2) is 4.39 Å². The molecule has 35 heavy (non-hydrogen) atoms. The van der Waals surface area contributed by atoms with Gasteiger partial charge in [-0.15, -0.1) is 0 Å². The lowest BCUT2D eigenvalue weighted by Crippen LogP contribution is -2.45. The van der Waals surface area contributed by atoms with Crippen LogP contribution in [0.25, 0.3) is 0 Å². The van der Waals surface area contributed by atoms with Gasteiger partial charge in [0.1, 0.15) is 17.6 Å². The van der Waals surface area contributed by atoms with E-state index in [0.717, 1.165) is 5.56 Å². The molecule has 2 N–H and O–H groups in total. The van der Waals surface area contributed by atoms with Crippen molar-refractivity contribution in [3.63, 3.8) is 0 Å². The van der Waals surface area contributed by atoms with Gasteiger partial charge in [0, 0.05) is 24.5 Å². The molecule has 7 nitrogen and oxygen atoms in total. The molecular formula is C26H28FN3O4Si. The molecule has 0 bridgehead atoms. The molecule has 0 saturated carbocycles. The summed E-state index contributed by atoms with van der Waals surface area (Å²) in [5, 5.41) is 3.48. The quantitative estimate of drug-likeness (QED) is 0.533. The van der Waals surface area contributed by atoms with E-state index in [2.05, 4.69) is 29.9 Å². The average Bonchev–Trinajstić information content (AvgIpc) is 2.82. The number of pyridine rings is 1. The first-order valence-electron chi connectivity index (χ1n) is 11.4. The van der Waals surface area contributed by atoms with Crippen LogP contribution >= 0.6 is 0 Å². The second kappa shape index (κ2) is 9.50. The zero-order chi connectivity index (χ0) is 25.3. The number of carbonyl (C=O) groups is 2. The largest absolute Gasteiger partial charge is 0.497 e. The standard InChI is InChI=1S/C26H28FN3O4Si/c1-34-19-7-8-20-16(13-19)11-12-30(26(33)17-5-10-23(31)28-15-17)24(20)25(32)29-18-6-9-22(21(27)14-18)35(2,3)4/h5-10,13-15,24H,11-12H2,1-4H3,(H,28,31)(H,29,32). The molecule has 2 aromatic carbocycles. The Hall–Kier alpha value is -3.72. The van der Waals surface area contributed by atoms with Crippen molar-refractivity contribution in [3.8, 4) is 5.75 Å². The second-order valence-corrected chi connectivity index (χ2v) is 14.6. The lowest BCUT2D eigenvalue weighted by atomic mass is 9.91. The van der Waals surface area contributed by atoms with Gasteiger partial charge in [0.2, 0.25) is 5.56 Å². The van der Waals surface area contributed by atoms with E-state index < -0.39 is 20.0 Å². The Balaban J connectivity index is 1.70. The monoisotopic (exact) mass is 493 g/mol. The maximum Gasteiger partial charge on any atom is 0.256 e. The van der Waals surface area contributed by atoms with E-state index in [1.54, 1.807) is 31.4 Å². The summed E-state index contributed by atoms with van der Waals surface area (Å²) in [6.07, 6.45) is 1.87. The first-order chi connectivity index (χ1) is 16.6. The minimum absolute atomic E-state index is 0.268. The highest BCUT2D eigenvalue weighted by Crippen LogP contribution is 2.34. The van der Waals surface area contributed by atoms with E-state index in [1.807, 2.05) is 6.07 Å². The highest BCUT2D eigenvalue weighted by atomic mass is 28.3. The number of aromatic amines is 1.